The number of nitrogens with zero attached hydrogens (tertiary/aromatic N) is 1. The van der Waals surface area contributed by atoms with Crippen molar-refractivity contribution in [2.75, 3.05) is 0 Å². The molecule has 0 saturated carbocycles. The Kier molecular flexibility index (Phi) is 3.81. The van der Waals surface area contributed by atoms with E-state index in [1.54, 1.807) is 24.3 Å². The Balaban J connectivity index is 2.25. The Morgan fingerprint density at radius 3 is 1.95 bits per heavy atom. The van der Waals surface area contributed by atoms with Gasteiger partial charge in [-0.3, -0.25) is 4.89 Å². The SMILES string of the molecule is CC(C)(c1ccc(O)cc1)c1ccc(OOC#N)cc1. The van der Waals surface area contributed by atoms with E-state index in [4.69, 9.17) is 10.1 Å². The summed E-state index contributed by atoms with van der Waals surface area (Å²) in [6.07, 6.45) is 1.45. The molecule has 20 heavy (non-hydrogen) atoms. The molecule has 0 fully saturated rings. The van der Waals surface area contributed by atoms with Gasteiger partial charge in [0.25, 0.3) is 0 Å². The van der Waals surface area contributed by atoms with Crippen LogP contribution in [0.15, 0.2) is 48.5 Å². The molecule has 102 valence electrons. The van der Waals surface area contributed by atoms with Gasteiger partial charge in [0.1, 0.15) is 5.75 Å². The van der Waals surface area contributed by atoms with Crippen molar-refractivity contribution in [3.63, 3.8) is 0 Å². The van der Waals surface area contributed by atoms with Gasteiger partial charge < -0.3 is 5.11 Å². The highest BCUT2D eigenvalue weighted by Gasteiger charge is 2.23. The highest BCUT2D eigenvalue weighted by Crippen LogP contribution is 2.33. The van der Waals surface area contributed by atoms with E-state index in [0.717, 1.165) is 11.1 Å². The third-order valence-electron chi connectivity index (χ3n) is 3.34. The molecule has 0 bridgehead atoms. The quantitative estimate of drug-likeness (QED) is 0.524. The fourth-order valence-corrected chi connectivity index (χ4v) is 2.04. The van der Waals surface area contributed by atoms with Gasteiger partial charge in [-0.1, -0.05) is 38.1 Å². The molecule has 2 rings (SSSR count). The maximum absolute atomic E-state index is 9.36. The van der Waals surface area contributed by atoms with Gasteiger partial charge >= 0.3 is 6.26 Å². The Bertz CT molecular complexity index is 610. The van der Waals surface area contributed by atoms with Gasteiger partial charge in [-0.25, -0.2) is 4.89 Å². The van der Waals surface area contributed by atoms with Crippen LogP contribution in [0.25, 0.3) is 0 Å². The Labute approximate surface area is 117 Å². The lowest BCUT2D eigenvalue weighted by Crippen LogP contribution is -2.18. The molecule has 0 unspecified atom stereocenters. The predicted molar refractivity (Wildman–Crippen MR) is 74.0 cm³/mol. The number of benzene rings is 2. The van der Waals surface area contributed by atoms with E-state index in [-0.39, 0.29) is 11.2 Å². The smallest absolute Gasteiger partial charge is 0.338 e. The van der Waals surface area contributed by atoms with Crippen LogP contribution >= 0.6 is 0 Å². The average molecular weight is 269 g/mol. The number of hydrogen-bond acceptors (Lipinski definition) is 4. The Hall–Kier alpha value is -2.67. The summed E-state index contributed by atoms with van der Waals surface area (Å²) in [6.45, 7) is 4.20. The lowest BCUT2D eigenvalue weighted by molar-refractivity contribution is -0.136. The van der Waals surface area contributed by atoms with Crippen LogP contribution in [0, 0.1) is 11.5 Å². The fourth-order valence-electron chi connectivity index (χ4n) is 2.04. The van der Waals surface area contributed by atoms with Crippen LogP contribution in [0.4, 0.5) is 0 Å². The number of nitriles is 1. The number of aromatic hydroxyl groups is 1. The van der Waals surface area contributed by atoms with Gasteiger partial charge in [0, 0.05) is 5.41 Å². The van der Waals surface area contributed by atoms with E-state index in [1.165, 1.54) is 6.26 Å². The van der Waals surface area contributed by atoms with Crippen LogP contribution < -0.4 is 4.89 Å². The number of phenolic OH excluding ortho intramolecular Hbond substituents is 1. The van der Waals surface area contributed by atoms with Crippen molar-refractivity contribution in [3.8, 4) is 17.8 Å². The van der Waals surface area contributed by atoms with Crippen LogP contribution in [0.5, 0.6) is 11.5 Å². The molecular weight excluding hydrogens is 254 g/mol. The maximum atomic E-state index is 9.36. The van der Waals surface area contributed by atoms with Gasteiger partial charge in [-0.2, -0.15) is 0 Å². The maximum Gasteiger partial charge on any atom is 0.338 e. The molecular formula is C16H15NO3. The van der Waals surface area contributed by atoms with Crippen molar-refractivity contribution >= 4 is 0 Å². The summed E-state index contributed by atoms with van der Waals surface area (Å²) < 4.78 is 0. The van der Waals surface area contributed by atoms with E-state index < -0.39 is 0 Å². The zero-order chi connectivity index (χ0) is 14.6. The number of rotatable bonds is 4. The number of hydrogen-bond donors (Lipinski definition) is 1. The molecule has 0 radical (unpaired) electrons. The molecule has 0 aromatic heterocycles. The van der Waals surface area contributed by atoms with Crippen LogP contribution in [0.2, 0.25) is 0 Å². The summed E-state index contributed by atoms with van der Waals surface area (Å²) in [4.78, 5) is 8.97. The minimum atomic E-state index is -0.206. The standard InChI is InChI=1S/C16H15NO3/c1-16(2,12-3-7-14(18)8-4-12)13-5-9-15(10-6-13)20-19-11-17/h3-10,18H,1-2H3. The highest BCUT2D eigenvalue weighted by molar-refractivity contribution is 5.41. The minimum absolute atomic E-state index is 0.206. The summed E-state index contributed by atoms with van der Waals surface area (Å²) in [6, 6.07) is 14.5. The zero-order valence-corrected chi connectivity index (χ0v) is 11.3. The summed E-state index contributed by atoms with van der Waals surface area (Å²) in [5, 5.41) is 17.6. The van der Waals surface area contributed by atoms with E-state index in [9.17, 15) is 5.11 Å². The number of phenols is 1. The van der Waals surface area contributed by atoms with E-state index >= 15 is 0 Å². The second kappa shape index (κ2) is 5.54. The van der Waals surface area contributed by atoms with Gasteiger partial charge in [-0.15, -0.1) is 5.26 Å². The summed E-state index contributed by atoms with van der Waals surface area (Å²) >= 11 is 0. The minimum Gasteiger partial charge on any atom is -0.508 e. The van der Waals surface area contributed by atoms with Crippen LogP contribution in [-0.2, 0) is 10.3 Å². The highest BCUT2D eigenvalue weighted by atomic mass is 17.2. The molecule has 4 heteroatoms. The Morgan fingerprint density at radius 2 is 1.45 bits per heavy atom. The first kappa shape index (κ1) is 13.8. The molecule has 2 aromatic rings. The van der Waals surface area contributed by atoms with Crippen molar-refractivity contribution in [3.05, 3.63) is 59.7 Å². The lowest BCUT2D eigenvalue weighted by atomic mass is 9.78. The molecule has 0 spiro atoms. The molecule has 1 N–H and O–H groups in total. The third kappa shape index (κ3) is 2.83. The monoisotopic (exact) mass is 269 g/mol. The summed E-state index contributed by atoms with van der Waals surface area (Å²) in [5.74, 6) is 0.721. The topological polar surface area (TPSA) is 62.5 Å². The van der Waals surface area contributed by atoms with Gasteiger partial charge in [0.2, 0.25) is 0 Å². The second-order valence-corrected chi connectivity index (χ2v) is 4.95. The summed E-state index contributed by atoms with van der Waals surface area (Å²) in [5.41, 5.74) is 1.98. The molecule has 0 aliphatic carbocycles. The zero-order valence-electron chi connectivity index (χ0n) is 11.3. The van der Waals surface area contributed by atoms with E-state index in [1.807, 2.05) is 24.3 Å². The van der Waals surface area contributed by atoms with E-state index in [0.29, 0.717) is 5.75 Å². The second-order valence-electron chi connectivity index (χ2n) is 4.95. The van der Waals surface area contributed by atoms with Crippen molar-refractivity contribution in [1.82, 2.24) is 0 Å². The molecule has 0 aliphatic heterocycles. The van der Waals surface area contributed by atoms with Crippen molar-refractivity contribution < 1.29 is 14.9 Å². The molecule has 4 nitrogen and oxygen atoms in total. The van der Waals surface area contributed by atoms with Gasteiger partial charge in [0.05, 0.1) is 0 Å². The predicted octanol–water partition coefficient (Wildman–Crippen LogP) is 3.51. The normalized spacial score (nSPS) is 10.7. The van der Waals surface area contributed by atoms with Gasteiger partial charge in [-0.05, 0) is 35.4 Å². The molecule has 0 atom stereocenters. The fraction of sp³-hybridized carbons (Fsp3) is 0.188. The van der Waals surface area contributed by atoms with Crippen molar-refractivity contribution in [1.29, 1.82) is 5.26 Å². The van der Waals surface area contributed by atoms with Crippen molar-refractivity contribution in [2.45, 2.75) is 19.3 Å². The summed E-state index contributed by atoms with van der Waals surface area (Å²) in [7, 11) is 0. The molecule has 2 aromatic carbocycles. The third-order valence-corrected chi connectivity index (χ3v) is 3.34. The van der Waals surface area contributed by atoms with E-state index in [2.05, 4.69) is 18.7 Å². The average Bonchev–Trinajstić information content (AvgIpc) is 2.46. The molecule has 0 heterocycles. The van der Waals surface area contributed by atoms with Crippen LogP contribution in [0.3, 0.4) is 0 Å². The molecule has 0 saturated heterocycles. The molecule has 0 aliphatic rings. The Morgan fingerprint density at radius 1 is 0.950 bits per heavy atom. The first-order valence-electron chi connectivity index (χ1n) is 6.16. The van der Waals surface area contributed by atoms with Crippen LogP contribution in [-0.4, -0.2) is 5.11 Å². The van der Waals surface area contributed by atoms with Crippen LogP contribution in [0.1, 0.15) is 25.0 Å². The molecule has 0 amide bonds. The van der Waals surface area contributed by atoms with Crippen molar-refractivity contribution in [2.24, 2.45) is 0 Å². The first-order valence-corrected chi connectivity index (χ1v) is 6.16. The van der Waals surface area contributed by atoms with Gasteiger partial charge in [0.15, 0.2) is 5.75 Å². The largest absolute Gasteiger partial charge is 0.508 e. The lowest BCUT2D eigenvalue weighted by Gasteiger charge is -2.26. The first-order chi connectivity index (χ1) is 9.54.